The number of hydrogen-bond acceptors (Lipinski definition) is 6. The molecule has 0 aliphatic heterocycles. The molecular weight excluding hydrogens is 445 g/mol. The fourth-order valence-corrected chi connectivity index (χ4v) is 6.38. The van der Waals surface area contributed by atoms with Crippen molar-refractivity contribution in [2.45, 2.75) is 21.2 Å². The topological polar surface area (TPSA) is 64.1 Å². The van der Waals surface area contributed by atoms with Gasteiger partial charge in [0.2, 0.25) is 9.84 Å². The van der Waals surface area contributed by atoms with Gasteiger partial charge in [-0.1, -0.05) is 64.0 Å². The molecule has 0 amide bonds. The average molecular weight is 458 g/mol. The van der Waals surface area contributed by atoms with Gasteiger partial charge in [-0.3, -0.25) is 4.79 Å². The number of hydrogen-bond donors (Lipinski definition) is 0. The van der Waals surface area contributed by atoms with Crippen LogP contribution in [0.15, 0.2) is 62.8 Å². The van der Waals surface area contributed by atoms with Crippen molar-refractivity contribution in [3.05, 3.63) is 69.0 Å². The zero-order valence-electron chi connectivity index (χ0n) is 14.0. The van der Waals surface area contributed by atoms with Crippen LogP contribution in [0.4, 0.5) is 0 Å². The Labute approximate surface area is 175 Å². The van der Waals surface area contributed by atoms with Crippen molar-refractivity contribution in [1.82, 2.24) is 4.98 Å². The zero-order valence-corrected chi connectivity index (χ0v) is 17.9. The second-order valence-corrected chi connectivity index (χ2v) is 10.7. The predicted octanol–water partition coefficient (Wildman–Crippen LogP) is 5.57. The lowest BCUT2D eigenvalue weighted by Crippen LogP contribution is -2.04. The van der Waals surface area contributed by atoms with E-state index in [2.05, 4.69) is 4.98 Å². The molecule has 9 heteroatoms. The SMILES string of the molecule is Cc1ccc(S(=O)(=O)c2nc(SCC(=O)c3ccc(Cl)cc3)sc2Cl)cc1. The molecule has 0 atom stereocenters. The van der Waals surface area contributed by atoms with E-state index in [0.717, 1.165) is 28.7 Å². The largest absolute Gasteiger partial charge is 0.293 e. The minimum atomic E-state index is -3.81. The van der Waals surface area contributed by atoms with Gasteiger partial charge in [-0.05, 0) is 43.3 Å². The summed E-state index contributed by atoms with van der Waals surface area (Å²) in [6.45, 7) is 1.87. The smallest absolute Gasteiger partial charge is 0.226 e. The van der Waals surface area contributed by atoms with Crippen molar-refractivity contribution in [3.63, 3.8) is 0 Å². The number of ketones is 1. The van der Waals surface area contributed by atoms with Crippen LogP contribution in [0.1, 0.15) is 15.9 Å². The third-order valence-corrected chi connectivity index (χ3v) is 8.20. The summed E-state index contributed by atoms with van der Waals surface area (Å²) < 4.78 is 26.0. The Morgan fingerprint density at radius 2 is 1.70 bits per heavy atom. The van der Waals surface area contributed by atoms with E-state index in [9.17, 15) is 13.2 Å². The molecule has 0 spiro atoms. The molecule has 0 radical (unpaired) electrons. The summed E-state index contributed by atoms with van der Waals surface area (Å²) in [6.07, 6.45) is 0. The van der Waals surface area contributed by atoms with Crippen LogP contribution in [-0.4, -0.2) is 24.9 Å². The van der Waals surface area contributed by atoms with Gasteiger partial charge in [0, 0.05) is 10.6 Å². The standard InChI is InChI=1S/C18H13Cl2NO3S3/c1-11-2-8-14(9-3-11)27(23,24)17-16(20)26-18(21-17)25-10-15(22)12-4-6-13(19)7-5-12/h2-9H,10H2,1H3. The highest BCUT2D eigenvalue weighted by Crippen LogP contribution is 2.36. The maximum Gasteiger partial charge on any atom is 0.226 e. The second-order valence-electron chi connectivity index (χ2n) is 5.59. The summed E-state index contributed by atoms with van der Waals surface area (Å²) in [5.41, 5.74) is 1.48. The molecule has 0 saturated carbocycles. The van der Waals surface area contributed by atoms with Crippen molar-refractivity contribution in [1.29, 1.82) is 0 Å². The Morgan fingerprint density at radius 1 is 1.07 bits per heavy atom. The van der Waals surface area contributed by atoms with Gasteiger partial charge in [-0.15, -0.1) is 0 Å². The molecule has 1 aromatic heterocycles. The third-order valence-electron chi connectivity index (χ3n) is 3.62. The van der Waals surface area contributed by atoms with E-state index < -0.39 is 9.84 Å². The Hall–Kier alpha value is -1.38. The molecule has 3 rings (SSSR count). The summed E-state index contributed by atoms with van der Waals surface area (Å²) in [4.78, 5) is 16.5. The van der Waals surface area contributed by atoms with Gasteiger partial charge in [0.25, 0.3) is 0 Å². The number of sulfone groups is 1. The highest BCUT2D eigenvalue weighted by atomic mass is 35.5. The highest BCUT2D eigenvalue weighted by Gasteiger charge is 2.26. The van der Waals surface area contributed by atoms with E-state index in [1.54, 1.807) is 36.4 Å². The number of halogens is 2. The van der Waals surface area contributed by atoms with Gasteiger partial charge in [-0.2, -0.15) is 0 Å². The molecule has 0 unspecified atom stereocenters. The summed E-state index contributed by atoms with van der Waals surface area (Å²) in [5.74, 6) is 0.0149. The van der Waals surface area contributed by atoms with Gasteiger partial charge >= 0.3 is 0 Å². The monoisotopic (exact) mass is 457 g/mol. The lowest BCUT2D eigenvalue weighted by atomic mass is 10.1. The zero-order chi connectivity index (χ0) is 19.6. The molecule has 4 nitrogen and oxygen atoms in total. The average Bonchev–Trinajstić information content (AvgIpc) is 3.02. The predicted molar refractivity (Wildman–Crippen MR) is 110 cm³/mol. The first-order valence-electron chi connectivity index (χ1n) is 7.67. The maximum atomic E-state index is 12.7. The Kier molecular flexibility index (Phi) is 6.28. The number of thioether (sulfide) groups is 1. The summed E-state index contributed by atoms with van der Waals surface area (Å²) in [6, 6.07) is 13.1. The molecule has 0 fully saturated rings. The van der Waals surface area contributed by atoms with Crippen LogP contribution in [0.25, 0.3) is 0 Å². The van der Waals surface area contributed by atoms with Crippen LogP contribution in [0.2, 0.25) is 9.36 Å². The Bertz CT molecular complexity index is 1080. The van der Waals surface area contributed by atoms with Gasteiger partial charge < -0.3 is 0 Å². The summed E-state index contributed by atoms with van der Waals surface area (Å²) >= 11 is 14.1. The van der Waals surface area contributed by atoms with Gasteiger partial charge in [0.1, 0.15) is 4.34 Å². The molecule has 0 aliphatic carbocycles. The number of carbonyl (C=O) groups is 1. The Morgan fingerprint density at radius 3 is 2.33 bits per heavy atom. The first-order chi connectivity index (χ1) is 12.8. The number of aromatic nitrogens is 1. The highest BCUT2D eigenvalue weighted by molar-refractivity contribution is 8.01. The van der Waals surface area contributed by atoms with Crippen LogP contribution >= 0.6 is 46.3 Å². The molecule has 0 saturated heterocycles. The fraction of sp³-hybridized carbons (Fsp3) is 0.111. The third kappa shape index (κ3) is 4.73. The van der Waals surface area contributed by atoms with Gasteiger partial charge in [0.15, 0.2) is 15.1 Å². The molecule has 27 heavy (non-hydrogen) atoms. The number of benzene rings is 2. The molecule has 0 bridgehead atoms. The molecule has 0 N–H and O–H groups in total. The van der Waals surface area contributed by atoms with Gasteiger partial charge in [0.05, 0.1) is 10.6 Å². The number of Topliss-reactive ketones (excluding diaryl/α,β-unsaturated/α-hetero) is 1. The van der Waals surface area contributed by atoms with E-state index in [1.165, 1.54) is 12.1 Å². The van der Waals surface area contributed by atoms with Gasteiger partial charge in [-0.25, -0.2) is 13.4 Å². The molecule has 140 valence electrons. The maximum absolute atomic E-state index is 12.7. The minimum absolute atomic E-state index is 0.0806. The van der Waals surface area contributed by atoms with E-state index in [-0.39, 0.29) is 25.8 Å². The summed E-state index contributed by atoms with van der Waals surface area (Å²) in [7, 11) is -3.81. The van der Waals surface area contributed by atoms with E-state index in [0.29, 0.717) is 14.9 Å². The van der Waals surface area contributed by atoms with Crippen molar-refractivity contribution >= 4 is 61.9 Å². The van der Waals surface area contributed by atoms with E-state index in [4.69, 9.17) is 23.2 Å². The molecule has 3 aromatic rings. The Balaban J connectivity index is 1.77. The quantitative estimate of drug-likeness (QED) is 0.357. The normalized spacial score (nSPS) is 11.5. The summed E-state index contributed by atoms with van der Waals surface area (Å²) in [5, 5.41) is 0.372. The minimum Gasteiger partial charge on any atom is -0.293 e. The number of aryl methyl sites for hydroxylation is 1. The molecule has 0 aliphatic rings. The molecular formula is C18H13Cl2NO3S3. The van der Waals surface area contributed by atoms with Crippen LogP contribution in [0.3, 0.4) is 0 Å². The van der Waals surface area contributed by atoms with Crippen molar-refractivity contribution in [3.8, 4) is 0 Å². The number of thiazole rings is 1. The number of nitrogens with zero attached hydrogens (tertiary/aromatic N) is 1. The van der Waals surface area contributed by atoms with Crippen LogP contribution in [0.5, 0.6) is 0 Å². The lowest BCUT2D eigenvalue weighted by Gasteiger charge is -2.02. The van der Waals surface area contributed by atoms with E-state index in [1.807, 2.05) is 6.92 Å². The van der Waals surface area contributed by atoms with Crippen molar-refractivity contribution in [2.75, 3.05) is 5.75 Å². The fourth-order valence-electron chi connectivity index (χ4n) is 2.17. The van der Waals surface area contributed by atoms with Crippen molar-refractivity contribution < 1.29 is 13.2 Å². The number of carbonyl (C=O) groups excluding carboxylic acids is 1. The van der Waals surface area contributed by atoms with Crippen molar-refractivity contribution in [2.24, 2.45) is 0 Å². The molecule has 1 heterocycles. The second kappa shape index (κ2) is 8.32. The van der Waals surface area contributed by atoms with Crippen LogP contribution in [-0.2, 0) is 9.84 Å². The van der Waals surface area contributed by atoms with E-state index >= 15 is 0 Å². The molecule has 2 aromatic carbocycles. The lowest BCUT2D eigenvalue weighted by molar-refractivity contribution is 0.102. The number of rotatable bonds is 6. The van der Waals surface area contributed by atoms with Crippen LogP contribution in [0, 0.1) is 6.92 Å². The van der Waals surface area contributed by atoms with Crippen LogP contribution < -0.4 is 0 Å². The first kappa shape index (κ1) is 20.4. The first-order valence-corrected chi connectivity index (χ1v) is 11.7.